The summed E-state index contributed by atoms with van der Waals surface area (Å²) in [7, 11) is 0. The van der Waals surface area contributed by atoms with E-state index in [1.807, 2.05) is 72.8 Å². The second kappa shape index (κ2) is 10.1. The zero-order valence-corrected chi connectivity index (χ0v) is 17.8. The molecular weight excluding hydrogens is 402 g/mol. The molecule has 0 aliphatic heterocycles. The van der Waals surface area contributed by atoms with Crippen molar-refractivity contribution in [1.82, 2.24) is 16.0 Å². The van der Waals surface area contributed by atoms with E-state index in [2.05, 4.69) is 16.0 Å². The summed E-state index contributed by atoms with van der Waals surface area (Å²) >= 11 is 0. The molecule has 6 heteroatoms. The molecule has 4 rings (SSSR count). The number of nitrogens with one attached hydrogen (secondary N) is 3. The van der Waals surface area contributed by atoms with Crippen LogP contribution in [0.15, 0.2) is 72.8 Å². The lowest BCUT2D eigenvalue weighted by molar-refractivity contribution is -0.129. The van der Waals surface area contributed by atoms with Gasteiger partial charge in [0.25, 0.3) is 0 Å². The van der Waals surface area contributed by atoms with Crippen LogP contribution < -0.4 is 16.0 Å². The minimum Gasteiger partial charge on any atom is -0.352 e. The third kappa shape index (κ3) is 5.94. The van der Waals surface area contributed by atoms with Crippen LogP contribution in [0, 0.1) is 0 Å². The fourth-order valence-electron chi connectivity index (χ4n) is 3.69. The van der Waals surface area contributed by atoms with E-state index in [1.165, 1.54) is 0 Å². The zero-order valence-electron chi connectivity index (χ0n) is 17.8. The van der Waals surface area contributed by atoms with Gasteiger partial charge in [-0.3, -0.25) is 14.4 Å². The number of hydrogen-bond donors (Lipinski definition) is 3. The van der Waals surface area contributed by atoms with Crippen LogP contribution in [0.4, 0.5) is 0 Å². The molecule has 3 aromatic rings. The van der Waals surface area contributed by atoms with Crippen LogP contribution in [0.1, 0.15) is 24.0 Å². The standard InChI is InChI=1S/C26H27N3O3/c30-24(16-20-11-6-10-19-9-4-5-12-22(19)20)27-17-25(31)29-23(26(32)28-21-13-14-21)15-18-7-2-1-3-8-18/h1-12,21,23H,13-17H2,(H,27,30)(H,28,32)(H,29,31). The molecule has 3 amide bonds. The monoisotopic (exact) mass is 429 g/mol. The van der Waals surface area contributed by atoms with E-state index >= 15 is 0 Å². The van der Waals surface area contributed by atoms with Gasteiger partial charge < -0.3 is 16.0 Å². The molecule has 0 radical (unpaired) electrons. The minimum absolute atomic E-state index is 0.175. The number of carbonyl (C=O) groups is 3. The average molecular weight is 430 g/mol. The van der Waals surface area contributed by atoms with Gasteiger partial charge in [0.2, 0.25) is 17.7 Å². The van der Waals surface area contributed by atoms with Gasteiger partial charge in [0.1, 0.15) is 6.04 Å². The maximum absolute atomic E-state index is 12.6. The zero-order chi connectivity index (χ0) is 22.3. The van der Waals surface area contributed by atoms with Crippen molar-refractivity contribution >= 4 is 28.5 Å². The summed E-state index contributed by atoms with van der Waals surface area (Å²) in [5.41, 5.74) is 1.87. The first-order valence-corrected chi connectivity index (χ1v) is 11.0. The maximum atomic E-state index is 12.6. The van der Waals surface area contributed by atoms with Crippen LogP contribution in [0.3, 0.4) is 0 Å². The summed E-state index contributed by atoms with van der Waals surface area (Å²) in [5.74, 6) is -0.812. The van der Waals surface area contributed by atoms with Crippen molar-refractivity contribution < 1.29 is 14.4 Å². The molecule has 1 fully saturated rings. The predicted molar refractivity (Wildman–Crippen MR) is 124 cm³/mol. The third-order valence-corrected chi connectivity index (χ3v) is 5.54. The fraction of sp³-hybridized carbons (Fsp3) is 0.269. The van der Waals surface area contributed by atoms with Gasteiger partial charge in [-0.1, -0.05) is 72.8 Å². The highest BCUT2D eigenvalue weighted by Crippen LogP contribution is 2.19. The van der Waals surface area contributed by atoms with E-state index in [0.717, 1.165) is 34.7 Å². The van der Waals surface area contributed by atoms with Gasteiger partial charge in [0.15, 0.2) is 0 Å². The van der Waals surface area contributed by atoms with Crippen LogP contribution >= 0.6 is 0 Å². The Labute approximate surface area is 187 Å². The Hall–Kier alpha value is -3.67. The van der Waals surface area contributed by atoms with E-state index in [-0.39, 0.29) is 36.7 Å². The number of carbonyl (C=O) groups excluding carboxylic acids is 3. The Kier molecular flexibility index (Phi) is 6.80. The maximum Gasteiger partial charge on any atom is 0.243 e. The molecule has 3 N–H and O–H groups in total. The van der Waals surface area contributed by atoms with E-state index in [9.17, 15) is 14.4 Å². The van der Waals surface area contributed by atoms with Crippen molar-refractivity contribution in [2.24, 2.45) is 0 Å². The normalized spacial score (nSPS) is 13.9. The molecule has 0 aromatic heterocycles. The third-order valence-electron chi connectivity index (χ3n) is 5.54. The van der Waals surface area contributed by atoms with Crippen molar-refractivity contribution in [3.63, 3.8) is 0 Å². The van der Waals surface area contributed by atoms with Crippen LogP contribution in [0.5, 0.6) is 0 Å². The van der Waals surface area contributed by atoms with Crippen molar-refractivity contribution in [3.05, 3.63) is 83.9 Å². The van der Waals surface area contributed by atoms with Gasteiger partial charge in [0.05, 0.1) is 13.0 Å². The molecule has 1 unspecified atom stereocenters. The van der Waals surface area contributed by atoms with Gasteiger partial charge in [-0.25, -0.2) is 0 Å². The van der Waals surface area contributed by atoms with Crippen LogP contribution in [-0.4, -0.2) is 36.3 Å². The lowest BCUT2D eigenvalue weighted by Gasteiger charge is -2.19. The lowest BCUT2D eigenvalue weighted by atomic mass is 10.0. The largest absolute Gasteiger partial charge is 0.352 e. The van der Waals surface area contributed by atoms with E-state index in [1.54, 1.807) is 0 Å². The van der Waals surface area contributed by atoms with E-state index < -0.39 is 6.04 Å². The quantitative estimate of drug-likeness (QED) is 0.488. The molecule has 0 spiro atoms. The van der Waals surface area contributed by atoms with E-state index in [0.29, 0.717) is 6.42 Å². The second-order valence-corrected chi connectivity index (χ2v) is 8.18. The molecule has 32 heavy (non-hydrogen) atoms. The van der Waals surface area contributed by atoms with Gasteiger partial charge in [0, 0.05) is 12.5 Å². The molecule has 0 bridgehead atoms. The van der Waals surface area contributed by atoms with Crippen LogP contribution in [-0.2, 0) is 27.2 Å². The molecular formula is C26H27N3O3. The Morgan fingerprint density at radius 1 is 0.844 bits per heavy atom. The molecule has 6 nitrogen and oxygen atoms in total. The lowest BCUT2D eigenvalue weighted by Crippen LogP contribution is -2.51. The number of hydrogen-bond acceptors (Lipinski definition) is 3. The van der Waals surface area contributed by atoms with Crippen LogP contribution in [0.25, 0.3) is 10.8 Å². The summed E-state index contributed by atoms with van der Waals surface area (Å²) in [6.07, 6.45) is 2.53. The smallest absolute Gasteiger partial charge is 0.243 e. The molecule has 1 aliphatic carbocycles. The SMILES string of the molecule is O=C(Cc1cccc2ccccc12)NCC(=O)NC(Cc1ccccc1)C(=O)NC1CC1. The van der Waals surface area contributed by atoms with Gasteiger partial charge in [-0.2, -0.15) is 0 Å². The number of rotatable bonds is 9. The first kappa shape index (κ1) is 21.6. The highest BCUT2D eigenvalue weighted by molar-refractivity contribution is 5.93. The Morgan fingerprint density at radius 2 is 1.56 bits per heavy atom. The first-order valence-electron chi connectivity index (χ1n) is 11.0. The minimum atomic E-state index is -0.680. The molecule has 1 saturated carbocycles. The Morgan fingerprint density at radius 3 is 2.34 bits per heavy atom. The van der Waals surface area contributed by atoms with Gasteiger partial charge in [-0.05, 0) is 34.7 Å². The highest BCUT2D eigenvalue weighted by Gasteiger charge is 2.28. The topological polar surface area (TPSA) is 87.3 Å². The van der Waals surface area contributed by atoms with Crippen molar-refractivity contribution in [3.8, 4) is 0 Å². The Balaban J connectivity index is 1.32. The molecule has 1 aliphatic rings. The molecule has 0 saturated heterocycles. The van der Waals surface area contributed by atoms with Crippen molar-refractivity contribution in [2.75, 3.05) is 6.54 Å². The van der Waals surface area contributed by atoms with Crippen LogP contribution in [0.2, 0.25) is 0 Å². The highest BCUT2D eigenvalue weighted by atomic mass is 16.2. The summed E-state index contributed by atoms with van der Waals surface area (Å²) in [4.78, 5) is 37.6. The number of amides is 3. The average Bonchev–Trinajstić information content (AvgIpc) is 3.62. The summed E-state index contributed by atoms with van der Waals surface area (Å²) < 4.78 is 0. The molecule has 164 valence electrons. The predicted octanol–water partition coefficient (Wildman–Crippen LogP) is 2.50. The molecule has 3 aromatic carbocycles. The van der Waals surface area contributed by atoms with Gasteiger partial charge >= 0.3 is 0 Å². The van der Waals surface area contributed by atoms with Crippen molar-refractivity contribution in [2.45, 2.75) is 37.8 Å². The first-order chi connectivity index (χ1) is 15.6. The summed E-state index contributed by atoms with van der Waals surface area (Å²) in [5, 5.41) is 10.5. The Bertz CT molecular complexity index is 1100. The van der Waals surface area contributed by atoms with E-state index in [4.69, 9.17) is 0 Å². The molecule has 1 atom stereocenters. The summed E-state index contributed by atoms with van der Waals surface area (Å²) in [6, 6.07) is 22.8. The number of benzene rings is 3. The molecule has 0 heterocycles. The number of fused-ring (bicyclic) bond motifs is 1. The van der Waals surface area contributed by atoms with Crippen molar-refractivity contribution in [1.29, 1.82) is 0 Å². The fourth-order valence-corrected chi connectivity index (χ4v) is 3.69. The van der Waals surface area contributed by atoms with Gasteiger partial charge in [-0.15, -0.1) is 0 Å². The summed E-state index contributed by atoms with van der Waals surface area (Å²) in [6.45, 7) is -0.175. The second-order valence-electron chi connectivity index (χ2n) is 8.18.